The second-order valence-electron chi connectivity index (χ2n) is 14.7. The summed E-state index contributed by atoms with van der Waals surface area (Å²) in [5.74, 6) is 0.985. The van der Waals surface area contributed by atoms with Crippen molar-refractivity contribution < 1.29 is 28.6 Å². The molecule has 0 spiro atoms. The number of amides is 1. The van der Waals surface area contributed by atoms with E-state index in [1.807, 2.05) is 80.6 Å². The van der Waals surface area contributed by atoms with Crippen molar-refractivity contribution in [1.29, 1.82) is 0 Å². The Morgan fingerprint density at radius 3 is 2.61 bits per heavy atom. The smallest absolute Gasteiger partial charge is 0.357 e. The molecular formula is C45H51N5O6S. The first-order chi connectivity index (χ1) is 27.8. The zero-order chi connectivity index (χ0) is 39.7. The molecule has 2 aliphatic heterocycles. The van der Waals surface area contributed by atoms with Crippen LogP contribution >= 0.6 is 11.3 Å². The van der Waals surface area contributed by atoms with E-state index < -0.39 is 5.97 Å². The highest BCUT2D eigenvalue weighted by Gasteiger charge is 2.27. The van der Waals surface area contributed by atoms with Crippen LogP contribution in [0.1, 0.15) is 83.5 Å². The summed E-state index contributed by atoms with van der Waals surface area (Å²) in [7, 11) is 0. The molecule has 2 aliphatic rings. The van der Waals surface area contributed by atoms with Crippen LogP contribution in [0.5, 0.6) is 5.75 Å². The van der Waals surface area contributed by atoms with Crippen molar-refractivity contribution in [2.24, 2.45) is 5.92 Å². The first kappa shape index (κ1) is 39.9. The largest absolute Gasteiger partial charge is 0.493 e. The van der Waals surface area contributed by atoms with E-state index in [0.29, 0.717) is 67.4 Å². The van der Waals surface area contributed by atoms with Crippen molar-refractivity contribution in [3.8, 4) is 16.9 Å². The lowest BCUT2D eigenvalue weighted by molar-refractivity contribution is -0.144. The van der Waals surface area contributed by atoms with E-state index >= 15 is 0 Å². The minimum Gasteiger partial charge on any atom is -0.493 e. The van der Waals surface area contributed by atoms with Gasteiger partial charge in [-0.1, -0.05) is 61.1 Å². The number of unbranched alkanes of at least 4 members (excludes halogenated alkanes) is 1. The number of aromatic nitrogens is 2. The number of anilines is 2. The van der Waals surface area contributed by atoms with E-state index in [-0.39, 0.29) is 17.6 Å². The molecule has 12 heteroatoms. The highest BCUT2D eigenvalue weighted by molar-refractivity contribution is 7.22. The van der Waals surface area contributed by atoms with Crippen molar-refractivity contribution in [3.63, 3.8) is 0 Å². The predicted molar refractivity (Wildman–Crippen MR) is 224 cm³/mol. The molecule has 1 atom stereocenters. The summed E-state index contributed by atoms with van der Waals surface area (Å²) in [6, 6.07) is 23.5. The molecule has 1 N–H and O–H groups in total. The van der Waals surface area contributed by atoms with Gasteiger partial charge < -0.3 is 19.1 Å². The number of hydrogen-bond acceptors (Lipinski definition) is 11. The average Bonchev–Trinajstić information content (AvgIpc) is 3.63. The van der Waals surface area contributed by atoms with E-state index in [1.165, 1.54) is 11.3 Å². The van der Waals surface area contributed by atoms with Crippen molar-refractivity contribution in [3.05, 3.63) is 101 Å². The Morgan fingerprint density at radius 1 is 0.912 bits per heavy atom. The maximum absolute atomic E-state index is 13.8. The molecule has 5 aromatic rings. The van der Waals surface area contributed by atoms with E-state index in [1.54, 1.807) is 0 Å². The van der Waals surface area contributed by atoms with Crippen LogP contribution in [0.4, 0.5) is 10.9 Å². The SMILES string of the molecule is CCCCOC(=O)c1nc(N2CCc3cccc(C(=O)Nc4nc5ccccc5s4)c3C2)ccc1-c1cccc(OCCC2CCCN(CC(=O)OCC)C2)c1C. The van der Waals surface area contributed by atoms with Gasteiger partial charge in [-0.25, -0.2) is 14.8 Å². The molecule has 1 saturated heterocycles. The van der Waals surface area contributed by atoms with Crippen LogP contribution in [0.2, 0.25) is 0 Å². The lowest BCUT2D eigenvalue weighted by Crippen LogP contribution is -2.39. The number of benzene rings is 3. The van der Waals surface area contributed by atoms with Crippen molar-refractivity contribution in [1.82, 2.24) is 14.9 Å². The third-order valence-electron chi connectivity index (χ3n) is 10.8. The van der Waals surface area contributed by atoms with Gasteiger partial charge in [0.05, 0.1) is 36.6 Å². The average molecular weight is 790 g/mol. The Kier molecular flexibility index (Phi) is 13.1. The number of piperidine rings is 1. The summed E-state index contributed by atoms with van der Waals surface area (Å²) in [6.45, 7) is 10.4. The predicted octanol–water partition coefficient (Wildman–Crippen LogP) is 8.48. The van der Waals surface area contributed by atoms with Gasteiger partial charge in [-0.2, -0.15) is 0 Å². The van der Waals surface area contributed by atoms with Gasteiger partial charge in [0.15, 0.2) is 10.8 Å². The maximum Gasteiger partial charge on any atom is 0.357 e. The molecule has 11 nitrogen and oxygen atoms in total. The number of esters is 2. The van der Waals surface area contributed by atoms with Crippen molar-refractivity contribution >= 4 is 50.3 Å². The number of para-hydroxylation sites is 1. The van der Waals surface area contributed by atoms with Crippen LogP contribution in [0.15, 0.2) is 72.8 Å². The van der Waals surface area contributed by atoms with Gasteiger partial charge in [-0.15, -0.1) is 0 Å². The van der Waals surface area contributed by atoms with Gasteiger partial charge in [-0.3, -0.25) is 19.8 Å². The summed E-state index contributed by atoms with van der Waals surface area (Å²) in [5, 5.41) is 3.58. The first-order valence-corrected chi connectivity index (χ1v) is 20.9. The van der Waals surface area contributed by atoms with Gasteiger partial charge in [0, 0.05) is 30.8 Å². The molecular weight excluding hydrogens is 739 g/mol. The maximum atomic E-state index is 13.8. The minimum absolute atomic E-state index is 0.171. The minimum atomic E-state index is -0.469. The Labute approximate surface area is 338 Å². The summed E-state index contributed by atoms with van der Waals surface area (Å²) < 4.78 is 18.3. The molecule has 1 amide bonds. The Hall–Kier alpha value is -5.33. The fraction of sp³-hybridized carbons (Fsp3) is 0.400. The zero-order valence-corrected chi connectivity index (χ0v) is 33.9. The van der Waals surface area contributed by atoms with Crippen LogP contribution in [-0.2, 0) is 27.2 Å². The number of fused-ring (bicyclic) bond motifs is 2. The Bertz CT molecular complexity index is 2190. The lowest BCUT2D eigenvalue weighted by Gasteiger charge is -2.32. The molecule has 0 bridgehead atoms. The molecule has 2 aromatic heterocycles. The molecule has 4 heterocycles. The monoisotopic (exact) mass is 789 g/mol. The number of carbonyl (C=O) groups excluding carboxylic acids is 3. The van der Waals surface area contributed by atoms with Gasteiger partial charge in [-0.05, 0) is 117 Å². The van der Waals surface area contributed by atoms with Gasteiger partial charge in [0.1, 0.15) is 11.6 Å². The van der Waals surface area contributed by atoms with E-state index in [0.717, 1.165) is 89.8 Å². The topological polar surface area (TPSA) is 123 Å². The van der Waals surface area contributed by atoms with Crippen molar-refractivity contribution in [2.75, 3.05) is 56.2 Å². The zero-order valence-electron chi connectivity index (χ0n) is 33.1. The third-order valence-corrected chi connectivity index (χ3v) is 11.7. The molecule has 298 valence electrons. The summed E-state index contributed by atoms with van der Waals surface area (Å²) in [6.07, 6.45) is 5.40. The van der Waals surface area contributed by atoms with Gasteiger partial charge in [0.25, 0.3) is 5.91 Å². The highest BCUT2D eigenvalue weighted by atomic mass is 32.1. The lowest BCUT2D eigenvalue weighted by atomic mass is 9.94. The molecule has 7 rings (SSSR count). The molecule has 1 unspecified atom stereocenters. The normalized spacial score (nSPS) is 15.6. The van der Waals surface area contributed by atoms with Crippen molar-refractivity contribution in [2.45, 2.75) is 65.8 Å². The van der Waals surface area contributed by atoms with Crippen LogP contribution in [0, 0.1) is 12.8 Å². The van der Waals surface area contributed by atoms with Gasteiger partial charge >= 0.3 is 11.9 Å². The van der Waals surface area contributed by atoms with Crippen LogP contribution in [0.3, 0.4) is 0 Å². The molecule has 57 heavy (non-hydrogen) atoms. The summed E-state index contributed by atoms with van der Waals surface area (Å²) in [5.41, 5.74) is 6.19. The number of pyridine rings is 1. The number of ether oxygens (including phenoxy) is 3. The number of carbonyl (C=O) groups is 3. The molecule has 1 fully saturated rings. The first-order valence-electron chi connectivity index (χ1n) is 20.1. The number of likely N-dealkylation sites (tertiary alicyclic amines) is 1. The fourth-order valence-electron chi connectivity index (χ4n) is 7.77. The van der Waals surface area contributed by atoms with E-state index in [4.69, 9.17) is 19.2 Å². The van der Waals surface area contributed by atoms with E-state index in [2.05, 4.69) is 33.1 Å². The third kappa shape index (κ3) is 9.62. The van der Waals surface area contributed by atoms with Crippen LogP contribution < -0.4 is 15.0 Å². The molecule has 0 aliphatic carbocycles. The molecule has 0 radical (unpaired) electrons. The number of thiazole rings is 1. The quantitative estimate of drug-likeness (QED) is 0.0816. The molecule has 0 saturated carbocycles. The highest BCUT2D eigenvalue weighted by Crippen LogP contribution is 2.35. The molecule has 3 aromatic carbocycles. The van der Waals surface area contributed by atoms with E-state index in [9.17, 15) is 14.4 Å². The Morgan fingerprint density at radius 2 is 1.77 bits per heavy atom. The summed E-state index contributed by atoms with van der Waals surface area (Å²) in [4.78, 5) is 53.4. The standard InChI is InChI=1S/C45H51N5O6S/c1-4-6-25-56-44(53)42-34(33-14-10-17-38(30(33)3)55-26-22-31-12-11-23-49(27-31)29-41(51)54-5-2)19-20-40(47-42)50-24-21-32-13-9-15-35(36(32)28-50)43(52)48-45-46-37-16-7-8-18-39(37)57-45/h7-10,13-20,31H,4-6,11-12,21-29H2,1-3H3,(H,46,48,52). The Balaban J connectivity index is 1.09. The fourth-order valence-corrected chi connectivity index (χ4v) is 8.63. The number of nitrogens with zero attached hydrogens (tertiary/aromatic N) is 4. The van der Waals surface area contributed by atoms with Gasteiger partial charge in [0.2, 0.25) is 0 Å². The summed E-state index contributed by atoms with van der Waals surface area (Å²) >= 11 is 1.45. The number of rotatable bonds is 15. The number of nitrogens with one attached hydrogen (secondary N) is 1. The number of hydrogen-bond donors (Lipinski definition) is 1. The second-order valence-corrected chi connectivity index (χ2v) is 15.8. The van der Waals surface area contributed by atoms with Crippen LogP contribution in [-0.4, -0.2) is 78.7 Å². The van der Waals surface area contributed by atoms with Crippen LogP contribution in [0.25, 0.3) is 21.3 Å². The second kappa shape index (κ2) is 18.7.